The van der Waals surface area contributed by atoms with Crippen LogP contribution in [0, 0.1) is 0 Å². The lowest BCUT2D eigenvalue weighted by Gasteiger charge is -2.27. The zero-order chi connectivity index (χ0) is 12.4. The highest BCUT2D eigenvalue weighted by atomic mass is 35.5. The van der Waals surface area contributed by atoms with E-state index in [1.807, 2.05) is 6.07 Å². The fourth-order valence-electron chi connectivity index (χ4n) is 2.65. The van der Waals surface area contributed by atoms with Gasteiger partial charge in [0.15, 0.2) is 0 Å². The van der Waals surface area contributed by atoms with Crippen molar-refractivity contribution >= 4 is 12.4 Å². The van der Waals surface area contributed by atoms with Gasteiger partial charge in [0.2, 0.25) is 0 Å². The molecule has 0 saturated heterocycles. The average Bonchev–Trinajstić information content (AvgIpc) is 2.47. The van der Waals surface area contributed by atoms with Crippen LogP contribution in [0.4, 0.5) is 0 Å². The van der Waals surface area contributed by atoms with Gasteiger partial charge in [0.05, 0.1) is 7.11 Å². The van der Waals surface area contributed by atoms with Crippen molar-refractivity contribution in [2.75, 3.05) is 13.7 Å². The zero-order valence-corrected chi connectivity index (χ0v) is 11.7. The molecular weight excluding hydrogens is 258 g/mol. The quantitative estimate of drug-likeness (QED) is 0.908. The lowest BCUT2D eigenvalue weighted by atomic mass is 9.85. The number of benzene rings is 2. The summed E-state index contributed by atoms with van der Waals surface area (Å²) in [7, 11) is 1.71. The molecule has 2 nitrogen and oxygen atoms in total. The Balaban J connectivity index is 0.00000133. The van der Waals surface area contributed by atoms with Crippen molar-refractivity contribution in [3.05, 3.63) is 65.2 Å². The molecule has 0 saturated carbocycles. The molecular formula is C16H18ClNO. The largest absolute Gasteiger partial charge is 0.497 e. The predicted molar refractivity (Wildman–Crippen MR) is 80.2 cm³/mol. The molecule has 3 heteroatoms. The monoisotopic (exact) mass is 275 g/mol. The molecule has 0 bridgehead atoms. The van der Waals surface area contributed by atoms with Gasteiger partial charge in [-0.05, 0) is 28.8 Å². The second-order valence-electron chi connectivity index (χ2n) is 4.66. The van der Waals surface area contributed by atoms with Gasteiger partial charge in [0.25, 0.3) is 0 Å². The molecule has 0 aliphatic carbocycles. The third kappa shape index (κ3) is 2.75. The van der Waals surface area contributed by atoms with Crippen LogP contribution in [0.3, 0.4) is 0 Å². The molecule has 19 heavy (non-hydrogen) atoms. The van der Waals surface area contributed by atoms with Crippen molar-refractivity contribution in [2.45, 2.75) is 12.5 Å². The summed E-state index contributed by atoms with van der Waals surface area (Å²) in [4.78, 5) is 0. The Labute approximate surface area is 120 Å². The third-order valence-electron chi connectivity index (χ3n) is 3.59. The Morgan fingerprint density at radius 2 is 1.95 bits per heavy atom. The number of fused-ring (bicyclic) bond motifs is 1. The number of ether oxygens (including phenoxy) is 1. The van der Waals surface area contributed by atoms with Crippen LogP contribution in [0.15, 0.2) is 48.5 Å². The smallest absolute Gasteiger partial charge is 0.119 e. The van der Waals surface area contributed by atoms with Gasteiger partial charge in [-0.2, -0.15) is 0 Å². The topological polar surface area (TPSA) is 21.3 Å². The molecule has 1 atom stereocenters. The van der Waals surface area contributed by atoms with Crippen LogP contribution in [0.5, 0.6) is 5.75 Å². The average molecular weight is 276 g/mol. The second kappa shape index (κ2) is 6.09. The van der Waals surface area contributed by atoms with E-state index in [1.54, 1.807) is 7.11 Å². The molecule has 0 radical (unpaired) electrons. The fraction of sp³-hybridized carbons (Fsp3) is 0.250. The standard InChI is InChI=1S/C16H17NO.ClH/c1-18-14-7-4-6-12(9-14)16-11-17-10-13-5-2-3-8-15(13)16;/h2-9,16-17H,10-11H2,1H3;1H. The van der Waals surface area contributed by atoms with Gasteiger partial charge in [0, 0.05) is 19.0 Å². The minimum absolute atomic E-state index is 0. The fourth-order valence-corrected chi connectivity index (χ4v) is 2.65. The molecule has 0 fully saturated rings. The van der Waals surface area contributed by atoms with E-state index in [1.165, 1.54) is 16.7 Å². The first-order valence-electron chi connectivity index (χ1n) is 6.31. The van der Waals surface area contributed by atoms with E-state index < -0.39 is 0 Å². The number of hydrogen-bond donors (Lipinski definition) is 1. The van der Waals surface area contributed by atoms with Crippen molar-refractivity contribution in [3.63, 3.8) is 0 Å². The van der Waals surface area contributed by atoms with Crippen molar-refractivity contribution < 1.29 is 4.74 Å². The van der Waals surface area contributed by atoms with Crippen LogP contribution >= 0.6 is 12.4 Å². The molecule has 3 rings (SSSR count). The molecule has 0 amide bonds. The summed E-state index contributed by atoms with van der Waals surface area (Å²) in [5.74, 6) is 1.35. The molecule has 0 aromatic heterocycles. The van der Waals surface area contributed by atoms with Crippen LogP contribution in [-0.4, -0.2) is 13.7 Å². The Kier molecular flexibility index (Phi) is 4.46. The molecule has 2 aromatic carbocycles. The first-order chi connectivity index (χ1) is 8.88. The van der Waals surface area contributed by atoms with E-state index in [-0.39, 0.29) is 12.4 Å². The van der Waals surface area contributed by atoms with Gasteiger partial charge in [-0.3, -0.25) is 0 Å². The summed E-state index contributed by atoms with van der Waals surface area (Å²) >= 11 is 0. The highest BCUT2D eigenvalue weighted by Crippen LogP contribution is 2.31. The minimum atomic E-state index is 0. The van der Waals surface area contributed by atoms with E-state index >= 15 is 0 Å². The Hall–Kier alpha value is -1.51. The predicted octanol–water partition coefficient (Wildman–Crippen LogP) is 3.35. The molecule has 1 aliphatic rings. The SMILES string of the molecule is COc1cccc(C2CNCc3ccccc32)c1.Cl. The van der Waals surface area contributed by atoms with Crippen molar-refractivity contribution in [1.82, 2.24) is 5.32 Å². The summed E-state index contributed by atoms with van der Waals surface area (Å²) in [5.41, 5.74) is 4.15. The summed E-state index contributed by atoms with van der Waals surface area (Å²) < 4.78 is 5.31. The minimum Gasteiger partial charge on any atom is -0.497 e. The van der Waals surface area contributed by atoms with E-state index in [4.69, 9.17) is 4.74 Å². The van der Waals surface area contributed by atoms with Crippen LogP contribution in [0.1, 0.15) is 22.6 Å². The third-order valence-corrected chi connectivity index (χ3v) is 3.59. The Bertz CT molecular complexity index is 556. The summed E-state index contributed by atoms with van der Waals surface area (Å²) in [5, 5.41) is 3.49. The zero-order valence-electron chi connectivity index (χ0n) is 10.9. The van der Waals surface area contributed by atoms with Crippen LogP contribution in [0.25, 0.3) is 0 Å². The number of nitrogens with one attached hydrogen (secondary N) is 1. The molecule has 100 valence electrons. The Morgan fingerprint density at radius 3 is 2.79 bits per heavy atom. The van der Waals surface area contributed by atoms with Crippen molar-refractivity contribution in [1.29, 1.82) is 0 Å². The van der Waals surface area contributed by atoms with E-state index in [0.717, 1.165) is 18.8 Å². The van der Waals surface area contributed by atoms with Gasteiger partial charge >= 0.3 is 0 Å². The van der Waals surface area contributed by atoms with Gasteiger partial charge in [-0.1, -0.05) is 36.4 Å². The lowest BCUT2D eigenvalue weighted by molar-refractivity contribution is 0.413. The van der Waals surface area contributed by atoms with Gasteiger partial charge in [0.1, 0.15) is 5.75 Å². The van der Waals surface area contributed by atoms with Gasteiger partial charge in [-0.25, -0.2) is 0 Å². The molecule has 1 N–H and O–H groups in total. The first-order valence-corrected chi connectivity index (χ1v) is 6.31. The molecule has 1 aliphatic heterocycles. The van der Waals surface area contributed by atoms with Crippen molar-refractivity contribution in [3.8, 4) is 5.75 Å². The van der Waals surface area contributed by atoms with Crippen LogP contribution in [0.2, 0.25) is 0 Å². The maximum atomic E-state index is 5.31. The molecule has 2 aromatic rings. The summed E-state index contributed by atoms with van der Waals surface area (Å²) in [6, 6.07) is 17.0. The molecule has 0 spiro atoms. The highest BCUT2D eigenvalue weighted by molar-refractivity contribution is 5.85. The number of methoxy groups -OCH3 is 1. The highest BCUT2D eigenvalue weighted by Gasteiger charge is 2.21. The Morgan fingerprint density at radius 1 is 1.11 bits per heavy atom. The van der Waals surface area contributed by atoms with E-state index in [2.05, 4.69) is 47.8 Å². The van der Waals surface area contributed by atoms with E-state index in [0.29, 0.717) is 5.92 Å². The number of hydrogen-bond acceptors (Lipinski definition) is 2. The first kappa shape index (κ1) is 13.9. The molecule has 1 heterocycles. The van der Waals surface area contributed by atoms with Crippen molar-refractivity contribution in [2.24, 2.45) is 0 Å². The van der Waals surface area contributed by atoms with Crippen LogP contribution < -0.4 is 10.1 Å². The maximum absolute atomic E-state index is 5.31. The normalized spacial score (nSPS) is 17.2. The number of rotatable bonds is 2. The lowest BCUT2D eigenvalue weighted by Crippen LogP contribution is -2.28. The van der Waals surface area contributed by atoms with Gasteiger partial charge < -0.3 is 10.1 Å². The van der Waals surface area contributed by atoms with Crippen LogP contribution in [-0.2, 0) is 6.54 Å². The van der Waals surface area contributed by atoms with Gasteiger partial charge in [-0.15, -0.1) is 12.4 Å². The summed E-state index contributed by atoms with van der Waals surface area (Å²) in [6.07, 6.45) is 0. The maximum Gasteiger partial charge on any atom is 0.119 e. The second-order valence-corrected chi connectivity index (χ2v) is 4.66. The summed E-state index contributed by atoms with van der Waals surface area (Å²) in [6.45, 7) is 1.96. The molecule has 1 unspecified atom stereocenters. The van der Waals surface area contributed by atoms with E-state index in [9.17, 15) is 0 Å². The number of halogens is 1.